The van der Waals surface area contributed by atoms with E-state index >= 15 is 0 Å². The van der Waals surface area contributed by atoms with Crippen molar-refractivity contribution in [2.45, 2.75) is 64.9 Å². The number of para-hydroxylation sites is 2. The van der Waals surface area contributed by atoms with E-state index in [-0.39, 0.29) is 25.7 Å². The summed E-state index contributed by atoms with van der Waals surface area (Å²) >= 11 is 0. The summed E-state index contributed by atoms with van der Waals surface area (Å²) in [4.78, 5) is 0. The van der Waals surface area contributed by atoms with Crippen molar-refractivity contribution in [3.8, 4) is 51.9 Å². The zero-order valence-corrected chi connectivity index (χ0v) is 28.2. The van der Waals surface area contributed by atoms with Gasteiger partial charge < -0.3 is 28.7 Å². The van der Waals surface area contributed by atoms with Crippen molar-refractivity contribution in [3.63, 3.8) is 0 Å². The highest BCUT2D eigenvalue weighted by atomic mass is 31.1. The van der Waals surface area contributed by atoms with E-state index in [1.54, 1.807) is 42.7 Å². The minimum absolute atomic E-state index is 0.0703. The molecular weight excluding hydrogens is 592 g/mol. The molecule has 9 heteroatoms. The van der Waals surface area contributed by atoms with Crippen LogP contribution in [0.1, 0.15) is 54.0 Å². The van der Waals surface area contributed by atoms with E-state index < -0.39 is 5.34 Å². The molecule has 232 valence electrons. The predicted octanol–water partition coefficient (Wildman–Crippen LogP) is 9.78. The second-order valence-corrected chi connectivity index (χ2v) is 15.0. The molecule has 0 aliphatic heterocycles. The lowest BCUT2D eigenvalue weighted by atomic mass is 9.86. The van der Waals surface area contributed by atoms with Crippen LogP contribution in [0.2, 0.25) is 0 Å². The highest BCUT2D eigenvalue weighted by Crippen LogP contribution is 2.43. The molecule has 0 saturated carbocycles. The van der Waals surface area contributed by atoms with Crippen molar-refractivity contribution in [2.75, 3.05) is 0 Å². The molecule has 0 aliphatic carbocycles. The summed E-state index contributed by atoms with van der Waals surface area (Å²) in [6.07, 6.45) is 1.60. The van der Waals surface area contributed by atoms with Crippen molar-refractivity contribution in [1.82, 2.24) is 0 Å². The number of nitrogens with zero attached hydrogens (tertiary/aromatic N) is 1. The maximum absolute atomic E-state index is 9.60. The number of benzene rings is 4. The quantitative estimate of drug-likeness (QED) is 0.132. The summed E-state index contributed by atoms with van der Waals surface area (Å²) in [5, 5.41) is 26.9. The van der Waals surface area contributed by atoms with Crippen LogP contribution in [0.5, 0.6) is 34.5 Å². The topological polar surface area (TPSA) is 101 Å². The number of phenolic OH excluding ortho intramolecular Hbond substituents is 2. The zero-order chi connectivity index (χ0) is 32.3. The summed E-state index contributed by atoms with van der Waals surface area (Å²) in [6, 6.07) is 27.6. The fourth-order valence-electron chi connectivity index (χ4n) is 3.98. The lowest BCUT2D eigenvalue weighted by Crippen LogP contribution is -2.23. The number of hydrogen-bond acceptors (Lipinski definition) is 7. The SMILES string of the molecule is CC(C)(C)c1cc(OC#N)ccc1O.CC(C)POc1ccccc1-c1ccccc1OPC(C)(C)Oc1ccc(O)cc1. The molecule has 2 atom stereocenters. The second-order valence-electron chi connectivity index (χ2n) is 11.8. The third kappa shape index (κ3) is 10.6. The van der Waals surface area contributed by atoms with Gasteiger partial charge in [0.2, 0.25) is 0 Å². The number of phenols is 2. The van der Waals surface area contributed by atoms with E-state index in [0.29, 0.717) is 26.0 Å². The lowest BCUT2D eigenvalue weighted by molar-refractivity contribution is 0.195. The summed E-state index contributed by atoms with van der Waals surface area (Å²) in [7, 11) is 0.472. The fourth-order valence-corrected chi connectivity index (χ4v) is 5.21. The van der Waals surface area contributed by atoms with Crippen LogP contribution in [-0.2, 0) is 5.41 Å². The molecule has 0 aromatic heterocycles. The van der Waals surface area contributed by atoms with Crippen molar-refractivity contribution in [3.05, 3.63) is 96.6 Å². The number of nitriles is 1. The summed E-state index contributed by atoms with van der Waals surface area (Å²) < 4.78 is 23.1. The predicted molar refractivity (Wildman–Crippen MR) is 181 cm³/mol. The first-order valence-corrected chi connectivity index (χ1v) is 16.1. The van der Waals surface area contributed by atoms with Crippen molar-refractivity contribution >= 4 is 17.6 Å². The Morgan fingerprint density at radius 2 is 1.27 bits per heavy atom. The zero-order valence-electron chi connectivity index (χ0n) is 26.2. The van der Waals surface area contributed by atoms with Gasteiger partial charge in [0.25, 0.3) is 6.26 Å². The lowest BCUT2D eigenvalue weighted by Gasteiger charge is -2.26. The van der Waals surface area contributed by atoms with Gasteiger partial charge in [-0.25, -0.2) is 0 Å². The number of rotatable bonds is 10. The van der Waals surface area contributed by atoms with Crippen molar-refractivity contribution in [2.24, 2.45) is 0 Å². The fraction of sp³-hybridized carbons (Fsp3) is 0.286. The Balaban J connectivity index is 0.000000317. The van der Waals surface area contributed by atoms with Gasteiger partial charge in [0.15, 0.2) is 5.34 Å². The molecule has 7 nitrogen and oxygen atoms in total. The van der Waals surface area contributed by atoms with Crippen LogP contribution in [0.15, 0.2) is 91.0 Å². The molecule has 4 aromatic carbocycles. The van der Waals surface area contributed by atoms with Crippen LogP contribution in [0.25, 0.3) is 11.1 Å². The van der Waals surface area contributed by atoms with Crippen LogP contribution >= 0.6 is 17.6 Å². The highest BCUT2D eigenvalue weighted by molar-refractivity contribution is 7.34. The molecule has 4 aromatic rings. The minimum Gasteiger partial charge on any atom is -0.508 e. The Kier molecular flexibility index (Phi) is 12.3. The summed E-state index contributed by atoms with van der Waals surface area (Å²) in [5.41, 5.74) is 3.09. The van der Waals surface area contributed by atoms with E-state index in [9.17, 15) is 10.2 Å². The highest BCUT2D eigenvalue weighted by Gasteiger charge is 2.23. The number of ether oxygens (including phenoxy) is 2. The molecule has 0 aliphatic rings. The van der Waals surface area contributed by atoms with Crippen LogP contribution in [0.3, 0.4) is 0 Å². The monoisotopic (exact) mass is 633 g/mol. The molecular formula is C35H41NO6P2. The molecule has 2 N–H and O–H groups in total. The van der Waals surface area contributed by atoms with Gasteiger partial charge in [-0.15, -0.1) is 5.26 Å². The van der Waals surface area contributed by atoms with Gasteiger partial charge in [0, 0.05) is 22.3 Å². The van der Waals surface area contributed by atoms with E-state index in [1.807, 2.05) is 77.1 Å². The van der Waals surface area contributed by atoms with Crippen LogP contribution in [-0.4, -0.2) is 21.2 Å². The molecule has 0 heterocycles. The van der Waals surface area contributed by atoms with Gasteiger partial charge in [-0.1, -0.05) is 71.0 Å². The first-order chi connectivity index (χ1) is 20.8. The maximum Gasteiger partial charge on any atom is 0.292 e. The molecule has 0 saturated heterocycles. The number of aromatic hydroxyl groups is 2. The molecule has 4 rings (SSSR count). The van der Waals surface area contributed by atoms with Gasteiger partial charge >= 0.3 is 0 Å². The molecule has 0 amide bonds. The van der Waals surface area contributed by atoms with E-state index in [4.69, 9.17) is 23.8 Å². The Hall–Kier alpha value is -3.97. The summed E-state index contributed by atoms with van der Waals surface area (Å²) in [5.74, 6) is 3.24. The first kappa shape index (κ1) is 34.5. The van der Waals surface area contributed by atoms with E-state index in [1.165, 1.54) is 6.07 Å². The smallest absolute Gasteiger partial charge is 0.292 e. The third-order valence-corrected chi connectivity index (χ3v) is 7.75. The van der Waals surface area contributed by atoms with E-state index in [2.05, 4.69) is 19.9 Å². The average molecular weight is 634 g/mol. The molecule has 0 bridgehead atoms. The van der Waals surface area contributed by atoms with Crippen LogP contribution in [0.4, 0.5) is 0 Å². The Morgan fingerprint density at radius 1 is 0.727 bits per heavy atom. The van der Waals surface area contributed by atoms with Crippen molar-refractivity contribution < 1.29 is 28.7 Å². The van der Waals surface area contributed by atoms with E-state index in [0.717, 1.165) is 28.2 Å². The van der Waals surface area contributed by atoms with Crippen molar-refractivity contribution in [1.29, 1.82) is 5.26 Å². The molecule has 2 unspecified atom stereocenters. The number of hydrogen-bond donors (Lipinski definition) is 2. The molecule has 0 spiro atoms. The van der Waals surface area contributed by atoms with Gasteiger partial charge in [-0.05, 0) is 73.9 Å². The first-order valence-electron chi connectivity index (χ1n) is 14.2. The standard InChI is InChI=1S/C24H28O4P2.C11H13NO2/c1-17(2)29-27-22-11-7-5-9-20(22)21-10-6-8-12-23(21)28-30-24(3,4)26-19-15-13-18(25)14-16-19;1-11(2,3)9-6-8(14-7-12)4-5-10(9)13/h5-17,25,29-30H,1-4H3;4-6,13H,1-3H3. The van der Waals surface area contributed by atoms with Crippen LogP contribution in [0, 0.1) is 11.5 Å². The average Bonchev–Trinajstić information content (AvgIpc) is 2.97. The van der Waals surface area contributed by atoms with Gasteiger partial charge in [-0.3, -0.25) is 0 Å². The Bertz CT molecular complexity index is 1540. The maximum atomic E-state index is 9.60. The third-order valence-electron chi connectivity index (χ3n) is 6.02. The van der Waals surface area contributed by atoms with Crippen LogP contribution < -0.4 is 18.5 Å². The van der Waals surface area contributed by atoms with Gasteiger partial charge in [-0.2, -0.15) is 0 Å². The van der Waals surface area contributed by atoms with Gasteiger partial charge in [0.05, 0.1) is 8.81 Å². The Morgan fingerprint density at radius 3 is 1.82 bits per heavy atom. The molecule has 0 radical (unpaired) electrons. The molecule has 44 heavy (non-hydrogen) atoms. The minimum atomic E-state index is -0.529. The van der Waals surface area contributed by atoms with Gasteiger partial charge in [0.1, 0.15) is 43.3 Å². The molecule has 0 fully saturated rings. The second kappa shape index (κ2) is 15.7. The summed E-state index contributed by atoms with van der Waals surface area (Å²) in [6.45, 7) is 14.2. The Labute approximate surface area is 264 Å². The largest absolute Gasteiger partial charge is 0.508 e. The normalized spacial score (nSPS) is 11.7.